The number of benzene rings is 1. The number of hydrogen-bond acceptors (Lipinski definition) is 5. The van der Waals surface area contributed by atoms with Crippen LogP contribution in [0.3, 0.4) is 0 Å². The largest absolute Gasteiger partial charge is 0.480 e. The van der Waals surface area contributed by atoms with Crippen molar-refractivity contribution in [2.75, 3.05) is 6.54 Å². The Morgan fingerprint density at radius 1 is 1.11 bits per heavy atom. The Hall–Kier alpha value is -3.40. The molecule has 0 spiro atoms. The molecule has 0 bridgehead atoms. The molecule has 0 saturated carbocycles. The van der Waals surface area contributed by atoms with Crippen molar-refractivity contribution in [2.24, 2.45) is 17.6 Å². The van der Waals surface area contributed by atoms with Gasteiger partial charge in [0.15, 0.2) is 0 Å². The van der Waals surface area contributed by atoms with E-state index in [1.165, 1.54) is 4.90 Å². The number of aromatic nitrogens is 1. The van der Waals surface area contributed by atoms with Gasteiger partial charge in [0.05, 0.1) is 6.04 Å². The number of rotatable bonds is 11. The minimum absolute atomic E-state index is 0.0728. The molecule has 10 nitrogen and oxygen atoms in total. The van der Waals surface area contributed by atoms with Crippen LogP contribution in [-0.2, 0) is 25.6 Å². The maximum Gasteiger partial charge on any atom is 0.326 e. The van der Waals surface area contributed by atoms with Gasteiger partial charge >= 0.3 is 5.97 Å². The molecule has 1 saturated heterocycles. The highest BCUT2D eigenvalue weighted by molar-refractivity contribution is 5.95. The number of hydrogen-bond donors (Lipinski definition) is 5. The minimum atomic E-state index is -1.11. The molecular weight excluding hydrogens is 474 g/mol. The molecular formula is C27H39N5O5. The molecule has 37 heavy (non-hydrogen) atoms. The van der Waals surface area contributed by atoms with Gasteiger partial charge in [0.25, 0.3) is 0 Å². The number of likely N-dealkylation sites (tertiary alicyclic amines) is 1. The summed E-state index contributed by atoms with van der Waals surface area (Å²) in [6.07, 6.45) is 3.34. The minimum Gasteiger partial charge on any atom is -0.480 e. The molecule has 4 unspecified atom stereocenters. The fourth-order valence-corrected chi connectivity index (χ4v) is 4.76. The molecule has 6 N–H and O–H groups in total. The Balaban J connectivity index is 1.84. The summed E-state index contributed by atoms with van der Waals surface area (Å²) in [4.78, 5) is 56.1. The van der Waals surface area contributed by atoms with Crippen LogP contribution in [0.15, 0.2) is 30.5 Å². The van der Waals surface area contributed by atoms with Gasteiger partial charge < -0.3 is 31.4 Å². The number of carbonyl (C=O) groups excluding carboxylic acids is 3. The van der Waals surface area contributed by atoms with Crippen molar-refractivity contribution in [3.05, 3.63) is 36.0 Å². The number of fused-ring (bicyclic) bond motifs is 1. The monoisotopic (exact) mass is 513 g/mol. The van der Waals surface area contributed by atoms with Gasteiger partial charge in [-0.1, -0.05) is 45.9 Å². The van der Waals surface area contributed by atoms with Crippen molar-refractivity contribution in [3.63, 3.8) is 0 Å². The van der Waals surface area contributed by atoms with Crippen molar-refractivity contribution >= 4 is 34.6 Å². The molecule has 4 atom stereocenters. The topological polar surface area (TPSA) is 158 Å². The van der Waals surface area contributed by atoms with Crippen LogP contribution in [0.25, 0.3) is 10.9 Å². The molecule has 3 amide bonds. The van der Waals surface area contributed by atoms with E-state index in [1.807, 2.05) is 58.2 Å². The smallest absolute Gasteiger partial charge is 0.326 e. The summed E-state index contributed by atoms with van der Waals surface area (Å²) in [7, 11) is 0. The Labute approximate surface area is 217 Å². The van der Waals surface area contributed by atoms with Crippen LogP contribution in [-0.4, -0.2) is 69.4 Å². The van der Waals surface area contributed by atoms with E-state index < -0.39 is 42.0 Å². The molecule has 3 rings (SSSR count). The van der Waals surface area contributed by atoms with Crippen LogP contribution in [0.5, 0.6) is 0 Å². The SMILES string of the molecule is CC(C)CC(NC(=O)C1CCCN1C(=O)C(Cc1c[nH]c2ccccc12)NC(=O)C(N)C(C)C)C(=O)O. The number of aliphatic carboxylic acids is 1. The van der Waals surface area contributed by atoms with Gasteiger partial charge in [0.2, 0.25) is 17.7 Å². The molecule has 1 aromatic heterocycles. The summed E-state index contributed by atoms with van der Waals surface area (Å²) in [5.74, 6) is -2.47. The number of aromatic amines is 1. The number of amides is 3. The average Bonchev–Trinajstić information content (AvgIpc) is 3.49. The van der Waals surface area contributed by atoms with E-state index in [1.54, 1.807) is 0 Å². The third-order valence-corrected chi connectivity index (χ3v) is 6.89. The first-order valence-corrected chi connectivity index (χ1v) is 12.9. The lowest BCUT2D eigenvalue weighted by atomic mass is 10.0. The van der Waals surface area contributed by atoms with Gasteiger partial charge in [-0.05, 0) is 42.7 Å². The summed E-state index contributed by atoms with van der Waals surface area (Å²) >= 11 is 0. The van der Waals surface area contributed by atoms with Crippen molar-refractivity contribution in [1.29, 1.82) is 0 Å². The average molecular weight is 514 g/mol. The highest BCUT2D eigenvalue weighted by Gasteiger charge is 2.39. The van der Waals surface area contributed by atoms with Gasteiger partial charge in [-0.2, -0.15) is 0 Å². The van der Waals surface area contributed by atoms with Gasteiger partial charge in [-0.15, -0.1) is 0 Å². The molecule has 1 aromatic carbocycles. The zero-order chi connectivity index (χ0) is 27.3. The van der Waals surface area contributed by atoms with Crippen LogP contribution >= 0.6 is 0 Å². The zero-order valence-electron chi connectivity index (χ0n) is 22.0. The highest BCUT2D eigenvalue weighted by atomic mass is 16.4. The number of nitrogens with one attached hydrogen (secondary N) is 3. The van der Waals surface area contributed by atoms with Gasteiger partial charge in [-0.3, -0.25) is 14.4 Å². The Kier molecular flexibility index (Phi) is 9.31. The highest BCUT2D eigenvalue weighted by Crippen LogP contribution is 2.23. The molecule has 0 radical (unpaired) electrons. The molecule has 0 aliphatic carbocycles. The normalized spacial score (nSPS) is 18.1. The molecule has 1 fully saturated rings. The maximum absolute atomic E-state index is 13.8. The van der Waals surface area contributed by atoms with E-state index in [9.17, 15) is 24.3 Å². The molecule has 1 aliphatic rings. The number of para-hydroxylation sites is 1. The second kappa shape index (κ2) is 12.2. The standard InChI is InChI=1S/C27H39N5O5/c1-15(2)12-21(27(36)37)31-24(33)22-10-7-11-32(22)26(35)20(30-25(34)23(28)16(3)4)13-17-14-29-19-9-6-5-8-18(17)19/h5-6,8-9,14-16,20-23,29H,7,10-13,28H2,1-4H3,(H,30,34)(H,31,33)(H,36,37). The Bertz CT molecular complexity index is 1130. The number of H-pyrrole nitrogens is 1. The van der Waals surface area contributed by atoms with Gasteiger partial charge in [0.1, 0.15) is 18.1 Å². The molecule has 10 heteroatoms. The van der Waals surface area contributed by atoms with Crippen LogP contribution in [0.2, 0.25) is 0 Å². The lowest BCUT2D eigenvalue weighted by molar-refractivity contribution is -0.145. The van der Waals surface area contributed by atoms with Crippen LogP contribution in [0.1, 0.15) is 52.5 Å². The van der Waals surface area contributed by atoms with Crippen LogP contribution in [0, 0.1) is 11.8 Å². The lowest BCUT2D eigenvalue weighted by Crippen LogP contribution is -2.57. The first-order valence-electron chi connectivity index (χ1n) is 12.9. The molecule has 2 aromatic rings. The van der Waals surface area contributed by atoms with E-state index >= 15 is 0 Å². The number of carbonyl (C=O) groups is 4. The van der Waals surface area contributed by atoms with Crippen LogP contribution < -0.4 is 16.4 Å². The fraction of sp³-hybridized carbons (Fsp3) is 0.556. The number of nitrogens with zero attached hydrogens (tertiary/aromatic N) is 1. The van der Waals surface area contributed by atoms with E-state index in [4.69, 9.17) is 5.73 Å². The summed E-state index contributed by atoms with van der Waals surface area (Å²) in [6.45, 7) is 7.77. The van der Waals surface area contributed by atoms with Crippen LogP contribution in [0.4, 0.5) is 0 Å². The summed E-state index contributed by atoms with van der Waals surface area (Å²) in [5.41, 5.74) is 7.83. The van der Waals surface area contributed by atoms with Gasteiger partial charge in [0, 0.05) is 30.1 Å². The Morgan fingerprint density at radius 3 is 2.46 bits per heavy atom. The third-order valence-electron chi connectivity index (χ3n) is 6.89. The third kappa shape index (κ3) is 6.88. The zero-order valence-corrected chi connectivity index (χ0v) is 22.0. The summed E-state index contributed by atoms with van der Waals surface area (Å²) in [6, 6.07) is 4.13. The lowest BCUT2D eigenvalue weighted by Gasteiger charge is -2.30. The molecule has 1 aliphatic heterocycles. The second-order valence-electron chi connectivity index (χ2n) is 10.6. The van der Waals surface area contributed by atoms with Crippen molar-refractivity contribution in [1.82, 2.24) is 20.5 Å². The van der Waals surface area contributed by atoms with Crippen molar-refractivity contribution < 1.29 is 24.3 Å². The van der Waals surface area contributed by atoms with E-state index in [-0.39, 0.29) is 30.6 Å². The second-order valence-corrected chi connectivity index (χ2v) is 10.6. The van der Waals surface area contributed by atoms with E-state index in [2.05, 4.69) is 15.6 Å². The van der Waals surface area contributed by atoms with Gasteiger partial charge in [-0.25, -0.2) is 4.79 Å². The number of carboxylic acids is 1. The Morgan fingerprint density at radius 2 is 1.81 bits per heavy atom. The maximum atomic E-state index is 13.8. The molecule has 202 valence electrons. The van der Waals surface area contributed by atoms with E-state index in [0.717, 1.165) is 16.5 Å². The quantitative estimate of drug-likeness (QED) is 0.308. The first kappa shape index (κ1) is 28.2. The fourth-order valence-electron chi connectivity index (χ4n) is 4.76. The van der Waals surface area contributed by atoms with Crippen molar-refractivity contribution in [3.8, 4) is 0 Å². The number of carboxylic acid groups (broad SMARTS) is 1. The predicted octanol–water partition coefficient (Wildman–Crippen LogP) is 1.79. The van der Waals surface area contributed by atoms with E-state index in [0.29, 0.717) is 19.4 Å². The summed E-state index contributed by atoms with van der Waals surface area (Å²) < 4.78 is 0. The summed E-state index contributed by atoms with van der Waals surface area (Å²) in [5, 5.41) is 15.9. The number of nitrogens with two attached hydrogens (primary N) is 1. The first-order chi connectivity index (χ1) is 17.5. The van der Waals surface area contributed by atoms with Crippen molar-refractivity contribution in [2.45, 2.75) is 77.5 Å². The predicted molar refractivity (Wildman–Crippen MR) is 141 cm³/mol. The molecule has 2 heterocycles.